The molecule has 0 fully saturated rings. The molecular weight excluding hydrogens is 164 g/mol. The Morgan fingerprint density at radius 2 is 1.08 bits per heavy atom. The van der Waals surface area contributed by atoms with Crippen molar-refractivity contribution >= 4 is 0 Å². The summed E-state index contributed by atoms with van der Waals surface area (Å²) < 4.78 is 0. The average Bonchev–Trinajstić information content (AvgIpc) is 2.03. The molecule has 0 spiro atoms. The fraction of sp³-hybridized carbons (Fsp3) is 1.00. The van der Waals surface area contributed by atoms with E-state index in [0.717, 1.165) is 6.42 Å². The molecule has 4 nitrogen and oxygen atoms in total. The number of hydrogen-bond donors (Lipinski definition) is 4. The Morgan fingerprint density at radius 1 is 0.769 bits per heavy atom. The highest BCUT2D eigenvalue weighted by molar-refractivity contribution is 4.67. The minimum atomic E-state index is 0.130. The second kappa shape index (κ2) is 8.44. The van der Waals surface area contributed by atoms with Crippen LogP contribution >= 0.6 is 0 Å². The molecule has 0 saturated carbocycles. The second-order valence-electron chi connectivity index (χ2n) is 3.65. The standard InChI is InChI=1S/C5H14N2.C4H12N2/c1-3-5(7)4(2)6;1-3(5)4(2)6/h4-5H,3,6-7H2,1-2H3;3-4H,5-6H2,1-2H3. The summed E-state index contributed by atoms with van der Waals surface area (Å²) in [4.78, 5) is 0. The van der Waals surface area contributed by atoms with E-state index >= 15 is 0 Å². The summed E-state index contributed by atoms with van der Waals surface area (Å²) in [6.07, 6.45) is 0.970. The minimum Gasteiger partial charge on any atom is -0.327 e. The van der Waals surface area contributed by atoms with Gasteiger partial charge in [0.2, 0.25) is 0 Å². The molecule has 0 aromatic heterocycles. The molecule has 0 rings (SSSR count). The van der Waals surface area contributed by atoms with Gasteiger partial charge in [0, 0.05) is 24.2 Å². The lowest BCUT2D eigenvalue weighted by Gasteiger charge is -2.11. The number of hydrogen-bond acceptors (Lipinski definition) is 4. The molecule has 0 bridgehead atoms. The van der Waals surface area contributed by atoms with Gasteiger partial charge in [0.15, 0.2) is 0 Å². The molecule has 4 atom stereocenters. The van der Waals surface area contributed by atoms with E-state index in [1.54, 1.807) is 0 Å². The molecule has 13 heavy (non-hydrogen) atoms. The maximum absolute atomic E-state index is 5.49. The molecule has 0 aromatic rings. The van der Waals surface area contributed by atoms with Gasteiger partial charge in [0.1, 0.15) is 0 Å². The van der Waals surface area contributed by atoms with Crippen LogP contribution in [0.5, 0.6) is 0 Å². The Morgan fingerprint density at radius 3 is 1.08 bits per heavy atom. The normalized spacial score (nSPS) is 19.4. The van der Waals surface area contributed by atoms with Crippen LogP contribution in [0.3, 0.4) is 0 Å². The van der Waals surface area contributed by atoms with Crippen LogP contribution in [0.4, 0.5) is 0 Å². The monoisotopic (exact) mass is 190 g/mol. The third-order valence-corrected chi connectivity index (χ3v) is 1.98. The molecule has 0 aromatic carbocycles. The summed E-state index contributed by atoms with van der Waals surface area (Å²) in [5.74, 6) is 0. The zero-order chi connectivity index (χ0) is 11.0. The number of rotatable bonds is 3. The molecule has 0 aliphatic rings. The van der Waals surface area contributed by atoms with Crippen molar-refractivity contribution in [1.82, 2.24) is 0 Å². The molecular formula is C9H26N4. The van der Waals surface area contributed by atoms with Crippen molar-refractivity contribution in [3.63, 3.8) is 0 Å². The van der Waals surface area contributed by atoms with E-state index in [1.807, 2.05) is 27.7 Å². The summed E-state index contributed by atoms with van der Waals surface area (Å²) >= 11 is 0. The van der Waals surface area contributed by atoms with Gasteiger partial charge in [-0.05, 0) is 27.2 Å². The summed E-state index contributed by atoms with van der Waals surface area (Å²) in [7, 11) is 0. The van der Waals surface area contributed by atoms with Gasteiger partial charge in [-0.25, -0.2) is 0 Å². The van der Waals surface area contributed by atoms with E-state index in [1.165, 1.54) is 0 Å². The van der Waals surface area contributed by atoms with Crippen LogP contribution in [0, 0.1) is 0 Å². The molecule has 0 aliphatic carbocycles. The van der Waals surface area contributed by atoms with Gasteiger partial charge in [-0.2, -0.15) is 0 Å². The third kappa shape index (κ3) is 11.8. The maximum atomic E-state index is 5.49. The highest BCUT2D eigenvalue weighted by atomic mass is 14.8. The Bertz CT molecular complexity index is 95.8. The van der Waals surface area contributed by atoms with Gasteiger partial charge in [0.05, 0.1) is 0 Å². The Kier molecular flexibility index (Phi) is 9.94. The molecule has 0 aliphatic heterocycles. The van der Waals surface area contributed by atoms with Crippen LogP contribution in [0.15, 0.2) is 0 Å². The van der Waals surface area contributed by atoms with Gasteiger partial charge >= 0.3 is 0 Å². The first-order valence-corrected chi connectivity index (χ1v) is 4.85. The lowest BCUT2D eigenvalue weighted by molar-refractivity contribution is 0.545. The van der Waals surface area contributed by atoms with Crippen molar-refractivity contribution in [2.24, 2.45) is 22.9 Å². The first-order chi connectivity index (χ1) is 5.82. The van der Waals surface area contributed by atoms with Crippen LogP contribution < -0.4 is 22.9 Å². The summed E-state index contributed by atoms with van der Waals surface area (Å²) in [6, 6.07) is 0.583. The molecule has 4 unspecified atom stereocenters. The predicted octanol–water partition coefficient (Wildman–Crippen LogP) is -0.248. The van der Waals surface area contributed by atoms with Crippen LogP contribution in [0.2, 0.25) is 0 Å². The molecule has 0 radical (unpaired) electrons. The number of nitrogens with two attached hydrogens (primary N) is 4. The van der Waals surface area contributed by atoms with E-state index in [2.05, 4.69) is 0 Å². The van der Waals surface area contributed by atoms with E-state index in [-0.39, 0.29) is 24.2 Å². The van der Waals surface area contributed by atoms with Gasteiger partial charge < -0.3 is 22.9 Å². The van der Waals surface area contributed by atoms with Crippen molar-refractivity contribution in [3.8, 4) is 0 Å². The van der Waals surface area contributed by atoms with Crippen molar-refractivity contribution < 1.29 is 0 Å². The zero-order valence-corrected chi connectivity index (χ0v) is 9.33. The van der Waals surface area contributed by atoms with Crippen LogP contribution in [0.1, 0.15) is 34.1 Å². The predicted molar refractivity (Wildman–Crippen MR) is 59.2 cm³/mol. The lowest BCUT2D eigenvalue weighted by atomic mass is 10.1. The lowest BCUT2D eigenvalue weighted by Crippen LogP contribution is -2.38. The SMILES string of the molecule is CC(N)C(C)N.CCC(N)C(C)N. The van der Waals surface area contributed by atoms with Gasteiger partial charge in [-0.3, -0.25) is 0 Å². The van der Waals surface area contributed by atoms with E-state index in [9.17, 15) is 0 Å². The van der Waals surface area contributed by atoms with Gasteiger partial charge in [0.25, 0.3) is 0 Å². The van der Waals surface area contributed by atoms with Crippen molar-refractivity contribution in [2.45, 2.75) is 58.3 Å². The average molecular weight is 190 g/mol. The van der Waals surface area contributed by atoms with Crippen molar-refractivity contribution in [1.29, 1.82) is 0 Å². The summed E-state index contributed by atoms with van der Waals surface area (Å²) in [5.41, 5.74) is 21.5. The van der Waals surface area contributed by atoms with Crippen molar-refractivity contribution in [3.05, 3.63) is 0 Å². The summed E-state index contributed by atoms with van der Waals surface area (Å²) in [5, 5.41) is 0. The van der Waals surface area contributed by atoms with E-state index in [0.29, 0.717) is 0 Å². The fourth-order valence-electron chi connectivity index (χ4n) is 0.372. The quantitative estimate of drug-likeness (QED) is 0.492. The Labute approximate surface area is 82.0 Å². The second-order valence-corrected chi connectivity index (χ2v) is 3.65. The first-order valence-electron chi connectivity index (χ1n) is 4.85. The Hall–Kier alpha value is -0.160. The first kappa shape index (κ1) is 15.3. The van der Waals surface area contributed by atoms with Gasteiger partial charge in [-0.15, -0.1) is 0 Å². The molecule has 82 valence electrons. The highest BCUT2D eigenvalue weighted by Crippen LogP contribution is 1.88. The zero-order valence-electron chi connectivity index (χ0n) is 9.33. The maximum Gasteiger partial charge on any atom is 0.0186 e. The van der Waals surface area contributed by atoms with Crippen LogP contribution in [0.25, 0.3) is 0 Å². The smallest absolute Gasteiger partial charge is 0.0186 e. The van der Waals surface area contributed by atoms with Crippen molar-refractivity contribution in [2.75, 3.05) is 0 Å². The van der Waals surface area contributed by atoms with Gasteiger partial charge in [-0.1, -0.05) is 6.92 Å². The van der Waals surface area contributed by atoms with Crippen LogP contribution in [-0.2, 0) is 0 Å². The molecule has 0 saturated heterocycles. The molecule has 0 heterocycles. The minimum absolute atomic E-state index is 0.130. The largest absolute Gasteiger partial charge is 0.327 e. The van der Waals surface area contributed by atoms with E-state index < -0.39 is 0 Å². The topological polar surface area (TPSA) is 104 Å². The fourth-order valence-corrected chi connectivity index (χ4v) is 0.372. The highest BCUT2D eigenvalue weighted by Gasteiger charge is 2.01. The summed E-state index contributed by atoms with van der Waals surface area (Å²) in [6.45, 7) is 7.75. The molecule has 4 heteroatoms. The Balaban J connectivity index is 0. The molecule has 8 N–H and O–H groups in total. The third-order valence-electron chi connectivity index (χ3n) is 1.98. The van der Waals surface area contributed by atoms with Crippen LogP contribution in [-0.4, -0.2) is 24.2 Å². The van der Waals surface area contributed by atoms with E-state index in [4.69, 9.17) is 22.9 Å². The molecule has 0 amide bonds.